The Morgan fingerprint density at radius 1 is 1.18 bits per heavy atom. The molecule has 3 aromatic rings. The highest BCUT2D eigenvalue weighted by Crippen LogP contribution is 2.37. The number of halogens is 1. The van der Waals surface area contributed by atoms with Gasteiger partial charge in [-0.05, 0) is 70.9 Å². The zero-order chi connectivity index (χ0) is 23.5. The minimum Gasteiger partial charge on any atom is -0.457 e. The van der Waals surface area contributed by atoms with Crippen LogP contribution in [0.1, 0.15) is 25.2 Å². The van der Waals surface area contributed by atoms with E-state index in [1.807, 2.05) is 31.2 Å². The highest BCUT2D eigenvalue weighted by molar-refractivity contribution is 9.10. The second-order valence-electron chi connectivity index (χ2n) is 7.16. The zero-order valence-corrected chi connectivity index (χ0v) is 20.4. The molecule has 0 atom stereocenters. The lowest BCUT2D eigenvalue weighted by Gasteiger charge is -2.12. The summed E-state index contributed by atoms with van der Waals surface area (Å²) in [7, 11) is 0. The van der Waals surface area contributed by atoms with Crippen LogP contribution >= 0.6 is 27.7 Å². The van der Waals surface area contributed by atoms with Crippen molar-refractivity contribution in [1.29, 1.82) is 0 Å². The van der Waals surface area contributed by atoms with Gasteiger partial charge in [-0.2, -0.15) is 0 Å². The molecule has 7 nitrogen and oxygen atoms in total. The Labute approximate surface area is 203 Å². The molecule has 2 aromatic carbocycles. The van der Waals surface area contributed by atoms with Crippen molar-refractivity contribution < 1.29 is 14.1 Å². The fraction of sp³-hybridized carbons (Fsp3) is 0.167. The van der Waals surface area contributed by atoms with Crippen LogP contribution in [0, 0.1) is 10.1 Å². The Bertz CT molecular complexity index is 1300. The summed E-state index contributed by atoms with van der Waals surface area (Å²) in [6.45, 7) is 4.50. The van der Waals surface area contributed by atoms with E-state index in [1.165, 1.54) is 23.9 Å². The molecule has 4 rings (SSSR count). The third-order valence-electron chi connectivity index (χ3n) is 5.12. The molecule has 1 saturated heterocycles. The van der Waals surface area contributed by atoms with E-state index in [0.717, 1.165) is 17.7 Å². The number of hydrogen-bond donors (Lipinski definition) is 0. The number of carbonyl (C=O) groups excluding carboxylic acids is 1. The number of aliphatic imine (C=N–C) groups is 1. The van der Waals surface area contributed by atoms with E-state index in [4.69, 9.17) is 9.41 Å². The van der Waals surface area contributed by atoms with Gasteiger partial charge in [0.1, 0.15) is 11.5 Å². The average Bonchev–Trinajstić information content (AvgIpc) is 3.38. The van der Waals surface area contributed by atoms with Gasteiger partial charge in [0.05, 0.1) is 15.5 Å². The molecular formula is C24H20BrN3O4S. The molecule has 1 fully saturated rings. The minimum absolute atomic E-state index is 0.0106. The van der Waals surface area contributed by atoms with E-state index >= 15 is 0 Å². The summed E-state index contributed by atoms with van der Waals surface area (Å²) in [4.78, 5) is 30.4. The smallest absolute Gasteiger partial charge is 0.270 e. The third kappa shape index (κ3) is 4.79. The topological polar surface area (TPSA) is 89.0 Å². The number of nitro benzene ring substituents is 1. The van der Waals surface area contributed by atoms with Crippen molar-refractivity contribution in [2.45, 2.75) is 20.3 Å². The first-order valence-electron chi connectivity index (χ1n) is 10.3. The Balaban J connectivity index is 1.63. The predicted octanol–water partition coefficient (Wildman–Crippen LogP) is 6.80. The van der Waals surface area contributed by atoms with Crippen molar-refractivity contribution in [3.8, 4) is 11.3 Å². The minimum atomic E-state index is -0.451. The highest BCUT2D eigenvalue weighted by atomic mass is 79.9. The number of non-ortho nitro benzene ring substituents is 1. The number of hydrogen-bond acceptors (Lipinski definition) is 6. The fourth-order valence-electron chi connectivity index (χ4n) is 3.41. The lowest BCUT2D eigenvalue weighted by molar-refractivity contribution is -0.384. The predicted molar refractivity (Wildman–Crippen MR) is 134 cm³/mol. The van der Waals surface area contributed by atoms with E-state index in [0.29, 0.717) is 38.2 Å². The molecule has 0 unspecified atom stereocenters. The van der Waals surface area contributed by atoms with Crippen LogP contribution < -0.4 is 0 Å². The van der Waals surface area contributed by atoms with Crippen LogP contribution in [0.3, 0.4) is 0 Å². The summed E-state index contributed by atoms with van der Waals surface area (Å²) in [6, 6.07) is 15.9. The van der Waals surface area contributed by atoms with Gasteiger partial charge < -0.3 is 4.42 Å². The van der Waals surface area contributed by atoms with Crippen molar-refractivity contribution in [3.63, 3.8) is 0 Å². The number of thioether (sulfide) groups is 1. The molecule has 168 valence electrons. The molecule has 2 heterocycles. The van der Waals surface area contributed by atoms with Gasteiger partial charge >= 0.3 is 0 Å². The molecule has 0 saturated carbocycles. The van der Waals surface area contributed by atoms with E-state index < -0.39 is 4.92 Å². The van der Waals surface area contributed by atoms with Gasteiger partial charge in [0, 0.05) is 34.8 Å². The molecule has 1 aliphatic heterocycles. The summed E-state index contributed by atoms with van der Waals surface area (Å²) in [5.41, 5.74) is 2.65. The highest BCUT2D eigenvalue weighted by Gasteiger charge is 2.32. The number of nitrogens with zero attached hydrogens (tertiary/aromatic N) is 3. The van der Waals surface area contributed by atoms with E-state index in [-0.39, 0.29) is 11.6 Å². The summed E-state index contributed by atoms with van der Waals surface area (Å²) >= 11 is 4.68. The number of carbonyl (C=O) groups is 1. The maximum atomic E-state index is 13.0. The van der Waals surface area contributed by atoms with Gasteiger partial charge in [-0.1, -0.05) is 25.1 Å². The van der Waals surface area contributed by atoms with Gasteiger partial charge in [0.2, 0.25) is 0 Å². The largest absolute Gasteiger partial charge is 0.457 e. The van der Waals surface area contributed by atoms with Crippen LogP contribution in [0.2, 0.25) is 0 Å². The Morgan fingerprint density at radius 2 is 1.97 bits per heavy atom. The number of furan rings is 1. The van der Waals surface area contributed by atoms with Crippen molar-refractivity contribution >= 4 is 56.2 Å². The molecule has 1 amide bonds. The van der Waals surface area contributed by atoms with Crippen LogP contribution in [0.5, 0.6) is 0 Å². The second kappa shape index (κ2) is 9.76. The quantitative estimate of drug-likeness (QED) is 0.200. The summed E-state index contributed by atoms with van der Waals surface area (Å²) < 4.78 is 6.47. The number of rotatable bonds is 6. The lowest BCUT2D eigenvalue weighted by atomic mass is 10.1. The van der Waals surface area contributed by atoms with Crippen LogP contribution in [-0.4, -0.2) is 27.4 Å². The van der Waals surface area contributed by atoms with E-state index in [9.17, 15) is 14.9 Å². The van der Waals surface area contributed by atoms with Crippen molar-refractivity contribution in [3.05, 3.63) is 85.4 Å². The summed E-state index contributed by atoms with van der Waals surface area (Å²) in [5, 5.41) is 11.6. The molecule has 0 spiro atoms. The number of amidine groups is 1. The SMILES string of the molecule is CCc1ccccc1N=C1S/C(=C/c2ccc(-c3ccc([N+](=O)[O-])cc3Br)o2)C(=O)N1CC. The maximum Gasteiger partial charge on any atom is 0.270 e. The zero-order valence-electron chi connectivity index (χ0n) is 17.9. The molecule has 9 heteroatoms. The Morgan fingerprint density at radius 3 is 2.67 bits per heavy atom. The monoisotopic (exact) mass is 525 g/mol. The van der Waals surface area contributed by atoms with Gasteiger partial charge in [0.15, 0.2) is 5.17 Å². The Kier molecular flexibility index (Phi) is 6.80. The molecule has 1 aromatic heterocycles. The fourth-order valence-corrected chi connectivity index (χ4v) is 5.01. The van der Waals surface area contributed by atoms with Gasteiger partial charge in [-0.25, -0.2) is 4.99 Å². The third-order valence-corrected chi connectivity index (χ3v) is 6.78. The first-order valence-corrected chi connectivity index (χ1v) is 11.9. The molecule has 0 bridgehead atoms. The molecule has 0 N–H and O–H groups in total. The van der Waals surface area contributed by atoms with Crippen molar-refractivity contribution in [1.82, 2.24) is 4.90 Å². The maximum absolute atomic E-state index is 13.0. The molecular weight excluding hydrogens is 506 g/mol. The van der Waals surface area contributed by atoms with Gasteiger partial charge in [0.25, 0.3) is 11.6 Å². The summed E-state index contributed by atoms with van der Waals surface area (Å²) in [6.07, 6.45) is 2.56. The molecule has 1 aliphatic rings. The number of likely N-dealkylation sites (N-methyl/N-ethyl adjacent to an activating group) is 1. The molecule has 33 heavy (non-hydrogen) atoms. The number of aryl methyl sites for hydroxylation is 1. The van der Waals surface area contributed by atoms with Crippen LogP contribution in [0.25, 0.3) is 17.4 Å². The summed E-state index contributed by atoms with van der Waals surface area (Å²) in [5.74, 6) is 0.930. The first kappa shape index (κ1) is 23.0. The number of benzene rings is 2. The van der Waals surface area contributed by atoms with Crippen molar-refractivity contribution in [2.75, 3.05) is 6.54 Å². The first-order chi connectivity index (χ1) is 15.9. The number of nitro groups is 1. The lowest BCUT2D eigenvalue weighted by Crippen LogP contribution is -2.28. The number of amides is 1. The number of para-hydroxylation sites is 1. The average molecular weight is 526 g/mol. The van der Waals surface area contributed by atoms with E-state index in [2.05, 4.69) is 22.9 Å². The Hall–Kier alpha value is -3.17. The van der Waals surface area contributed by atoms with Crippen LogP contribution in [0.15, 0.2) is 73.4 Å². The normalized spacial score (nSPS) is 16.2. The molecule has 0 aliphatic carbocycles. The van der Waals surface area contributed by atoms with Crippen LogP contribution in [0.4, 0.5) is 11.4 Å². The van der Waals surface area contributed by atoms with Crippen molar-refractivity contribution in [2.24, 2.45) is 4.99 Å². The van der Waals surface area contributed by atoms with Crippen LogP contribution in [-0.2, 0) is 11.2 Å². The molecule has 0 radical (unpaired) electrons. The van der Waals surface area contributed by atoms with Gasteiger partial charge in [-0.3, -0.25) is 19.8 Å². The standard InChI is InChI=1S/C24H20BrN3O4S/c1-3-15-7-5-6-8-20(15)26-24-27(4-2)23(29)22(33-24)14-17-10-12-21(32-17)18-11-9-16(28(30)31)13-19(18)25/h5-14H,3-4H2,1-2H3/b22-14+,26-24?. The second-order valence-corrected chi connectivity index (χ2v) is 9.02. The van der Waals surface area contributed by atoms with E-state index in [1.54, 1.807) is 29.2 Å². The van der Waals surface area contributed by atoms with Gasteiger partial charge in [-0.15, -0.1) is 0 Å².